The molecule has 1 unspecified atom stereocenters. The maximum absolute atomic E-state index is 10.8. The Kier molecular flexibility index (Phi) is 3.62. The molecule has 0 radical (unpaired) electrons. The number of nitro benzene ring substituents is 1. The van der Waals surface area contributed by atoms with Crippen LogP contribution in [0.25, 0.3) is 10.9 Å². The number of fused-ring (bicyclic) bond motifs is 1. The Balaban J connectivity index is 2.59. The topological polar surface area (TPSA) is 88.3 Å². The first-order chi connectivity index (χ1) is 9.01. The molecule has 0 aliphatic carbocycles. The van der Waals surface area contributed by atoms with Gasteiger partial charge in [0.1, 0.15) is 0 Å². The maximum Gasteiger partial charge on any atom is 0.270 e. The Morgan fingerprint density at radius 2 is 2.21 bits per heavy atom. The summed E-state index contributed by atoms with van der Waals surface area (Å²) in [6.07, 6.45) is 0. The van der Waals surface area contributed by atoms with Gasteiger partial charge >= 0.3 is 0 Å². The molecule has 2 rings (SSSR count). The Hall–Kier alpha value is -2.21. The van der Waals surface area contributed by atoms with Crippen molar-refractivity contribution in [1.82, 2.24) is 4.98 Å². The van der Waals surface area contributed by atoms with Crippen molar-refractivity contribution in [2.24, 2.45) is 0 Å². The first-order valence-corrected chi connectivity index (χ1v) is 5.94. The van der Waals surface area contributed by atoms with E-state index in [0.717, 1.165) is 11.4 Å². The highest BCUT2D eigenvalue weighted by molar-refractivity contribution is 5.93. The van der Waals surface area contributed by atoms with Crippen molar-refractivity contribution in [3.8, 4) is 0 Å². The largest absolute Gasteiger partial charge is 0.394 e. The molecule has 6 heteroatoms. The quantitative estimate of drug-likeness (QED) is 0.651. The van der Waals surface area contributed by atoms with Gasteiger partial charge in [-0.2, -0.15) is 0 Å². The van der Waals surface area contributed by atoms with Crippen LogP contribution in [-0.2, 0) is 0 Å². The minimum atomic E-state index is -0.432. The SMILES string of the molecule is Cc1cc(NC(C)CO)c2cc([N+](=O)[O-])ccc2n1. The summed E-state index contributed by atoms with van der Waals surface area (Å²) in [5.74, 6) is 0. The number of aromatic nitrogens is 1. The zero-order chi connectivity index (χ0) is 14.0. The van der Waals surface area contributed by atoms with Gasteiger partial charge in [-0.05, 0) is 26.0 Å². The Morgan fingerprint density at radius 1 is 1.47 bits per heavy atom. The number of nitro groups is 1. The predicted octanol–water partition coefficient (Wildman–Crippen LogP) is 2.24. The summed E-state index contributed by atoms with van der Waals surface area (Å²) in [5.41, 5.74) is 2.28. The smallest absolute Gasteiger partial charge is 0.270 e. The van der Waals surface area contributed by atoms with E-state index in [2.05, 4.69) is 10.3 Å². The Morgan fingerprint density at radius 3 is 2.84 bits per heavy atom. The van der Waals surface area contributed by atoms with Crippen molar-refractivity contribution in [2.45, 2.75) is 19.9 Å². The molecule has 0 aliphatic heterocycles. The fourth-order valence-corrected chi connectivity index (χ4v) is 1.89. The van der Waals surface area contributed by atoms with Crippen LogP contribution in [0.5, 0.6) is 0 Å². The molecule has 1 heterocycles. The molecular formula is C13H15N3O3. The fourth-order valence-electron chi connectivity index (χ4n) is 1.89. The van der Waals surface area contributed by atoms with E-state index in [1.54, 1.807) is 6.07 Å². The number of anilines is 1. The van der Waals surface area contributed by atoms with Crippen LogP contribution in [0.4, 0.5) is 11.4 Å². The molecule has 0 fully saturated rings. The van der Waals surface area contributed by atoms with Gasteiger partial charge < -0.3 is 10.4 Å². The van der Waals surface area contributed by atoms with Crippen LogP contribution in [0, 0.1) is 17.0 Å². The molecule has 2 aromatic rings. The molecule has 0 spiro atoms. The molecule has 0 aliphatic rings. The molecule has 1 aromatic heterocycles. The van der Waals surface area contributed by atoms with Gasteiger partial charge in [0.15, 0.2) is 0 Å². The zero-order valence-electron chi connectivity index (χ0n) is 10.8. The van der Waals surface area contributed by atoms with Crippen molar-refractivity contribution in [3.05, 3.63) is 40.1 Å². The van der Waals surface area contributed by atoms with Crippen molar-refractivity contribution < 1.29 is 10.0 Å². The van der Waals surface area contributed by atoms with Gasteiger partial charge in [0, 0.05) is 34.9 Å². The van der Waals surface area contributed by atoms with Crippen LogP contribution in [-0.4, -0.2) is 27.7 Å². The molecular weight excluding hydrogens is 246 g/mol. The number of hydrogen-bond donors (Lipinski definition) is 2. The van der Waals surface area contributed by atoms with Gasteiger partial charge in [0.25, 0.3) is 5.69 Å². The number of nitrogens with one attached hydrogen (secondary N) is 1. The number of nitrogens with zero attached hydrogens (tertiary/aromatic N) is 2. The molecule has 1 aromatic carbocycles. The van der Waals surface area contributed by atoms with Crippen molar-refractivity contribution in [2.75, 3.05) is 11.9 Å². The van der Waals surface area contributed by atoms with Crippen LogP contribution < -0.4 is 5.32 Å². The third-order valence-corrected chi connectivity index (χ3v) is 2.81. The van der Waals surface area contributed by atoms with Gasteiger partial charge in [-0.3, -0.25) is 15.1 Å². The molecule has 19 heavy (non-hydrogen) atoms. The standard InChI is InChI=1S/C13H15N3O3/c1-8-5-13(15-9(2)7-17)11-6-10(16(18)19)3-4-12(11)14-8/h3-6,9,17H,7H2,1-2H3,(H,14,15). The van der Waals surface area contributed by atoms with Crippen molar-refractivity contribution in [3.63, 3.8) is 0 Å². The monoisotopic (exact) mass is 261 g/mol. The Bertz CT molecular complexity index is 628. The summed E-state index contributed by atoms with van der Waals surface area (Å²) in [5, 5.41) is 23.7. The van der Waals surface area contributed by atoms with Gasteiger partial charge in [-0.1, -0.05) is 0 Å². The number of aliphatic hydroxyl groups is 1. The lowest BCUT2D eigenvalue weighted by molar-refractivity contribution is -0.384. The van der Waals surface area contributed by atoms with Gasteiger partial charge in [0.05, 0.1) is 17.0 Å². The average molecular weight is 261 g/mol. The number of aryl methyl sites for hydroxylation is 1. The van der Waals surface area contributed by atoms with Crippen LogP contribution in [0.1, 0.15) is 12.6 Å². The summed E-state index contributed by atoms with van der Waals surface area (Å²) in [6, 6.07) is 6.25. The molecule has 0 amide bonds. The molecule has 0 bridgehead atoms. The molecule has 2 N–H and O–H groups in total. The Labute approximate surface area is 110 Å². The first-order valence-electron chi connectivity index (χ1n) is 5.94. The highest BCUT2D eigenvalue weighted by atomic mass is 16.6. The maximum atomic E-state index is 10.8. The van der Waals surface area contributed by atoms with Crippen molar-refractivity contribution >= 4 is 22.3 Å². The van der Waals surface area contributed by atoms with Crippen LogP contribution in [0.3, 0.4) is 0 Å². The lowest BCUT2D eigenvalue weighted by Gasteiger charge is -2.15. The number of aliphatic hydroxyl groups excluding tert-OH is 1. The number of benzene rings is 1. The summed E-state index contributed by atoms with van der Waals surface area (Å²) in [6.45, 7) is 3.67. The van der Waals surface area contributed by atoms with E-state index in [4.69, 9.17) is 5.11 Å². The van der Waals surface area contributed by atoms with Gasteiger partial charge in [-0.25, -0.2) is 0 Å². The third-order valence-electron chi connectivity index (χ3n) is 2.81. The number of pyridine rings is 1. The number of non-ortho nitro benzene ring substituents is 1. The lowest BCUT2D eigenvalue weighted by atomic mass is 10.1. The van der Waals surface area contributed by atoms with Crippen molar-refractivity contribution in [1.29, 1.82) is 0 Å². The van der Waals surface area contributed by atoms with E-state index in [9.17, 15) is 10.1 Å². The summed E-state index contributed by atoms with van der Waals surface area (Å²) in [4.78, 5) is 14.7. The van der Waals surface area contributed by atoms with Gasteiger partial charge in [0.2, 0.25) is 0 Å². The van der Waals surface area contributed by atoms with E-state index < -0.39 is 4.92 Å². The minimum Gasteiger partial charge on any atom is -0.394 e. The number of rotatable bonds is 4. The average Bonchev–Trinajstić information content (AvgIpc) is 2.37. The second-order valence-corrected chi connectivity index (χ2v) is 4.50. The van der Waals surface area contributed by atoms with Crippen LogP contribution in [0.2, 0.25) is 0 Å². The number of hydrogen-bond acceptors (Lipinski definition) is 5. The molecule has 1 atom stereocenters. The molecule has 0 saturated carbocycles. The highest BCUT2D eigenvalue weighted by Gasteiger charge is 2.11. The molecule has 0 saturated heterocycles. The summed E-state index contributed by atoms with van der Waals surface area (Å²) < 4.78 is 0. The summed E-state index contributed by atoms with van der Waals surface area (Å²) >= 11 is 0. The first kappa shape index (κ1) is 13.2. The van der Waals surface area contributed by atoms with Gasteiger partial charge in [-0.15, -0.1) is 0 Å². The molecule has 100 valence electrons. The predicted molar refractivity (Wildman–Crippen MR) is 73.3 cm³/mol. The minimum absolute atomic E-state index is 0.0161. The van der Waals surface area contributed by atoms with Crippen LogP contribution in [0.15, 0.2) is 24.3 Å². The van der Waals surface area contributed by atoms with E-state index in [0.29, 0.717) is 10.9 Å². The fraction of sp³-hybridized carbons (Fsp3) is 0.308. The highest BCUT2D eigenvalue weighted by Crippen LogP contribution is 2.27. The van der Waals surface area contributed by atoms with E-state index in [1.807, 2.05) is 19.9 Å². The second-order valence-electron chi connectivity index (χ2n) is 4.50. The van der Waals surface area contributed by atoms with E-state index >= 15 is 0 Å². The second kappa shape index (κ2) is 5.19. The summed E-state index contributed by atoms with van der Waals surface area (Å²) in [7, 11) is 0. The third kappa shape index (κ3) is 2.79. The van der Waals surface area contributed by atoms with E-state index in [-0.39, 0.29) is 18.3 Å². The van der Waals surface area contributed by atoms with E-state index in [1.165, 1.54) is 12.1 Å². The molecule has 6 nitrogen and oxygen atoms in total. The van der Waals surface area contributed by atoms with Crippen LogP contribution >= 0.6 is 0 Å². The zero-order valence-corrected chi connectivity index (χ0v) is 10.8. The normalized spacial score (nSPS) is 12.4. The lowest BCUT2D eigenvalue weighted by Crippen LogP contribution is -2.19.